The van der Waals surface area contributed by atoms with Gasteiger partial charge in [0, 0.05) is 37.5 Å². The molecule has 2 aromatic carbocycles. The van der Waals surface area contributed by atoms with Gasteiger partial charge < -0.3 is 19.4 Å². The first-order valence-electron chi connectivity index (χ1n) is 9.12. The van der Waals surface area contributed by atoms with E-state index in [-0.39, 0.29) is 5.91 Å². The number of fused-ring (bicyclic) bond motifs is 1. The number of carbonyl (C=O) groups is 1. The van der Waals surface area contributed by atoms with E-state index in [1.165, 1.54) is 5.56 Å². The fraction of sp³-hybridized carbons (Fsp3) is 0.238. The highest BCUT2D eigenvalue weighted by Gasteiger charge is 2.19. The largest absolute Gasteiger partial charge is 0.486 e. The van der Waals surface area contributed by atoms with Crippen LogP contribution in [0.5, 0.6) is 11.5 Å². The van der Waals surface area contributed by atoms with Gasteiger partial charge in [-0.25, -0.2) is 4.98 Å². The molecule has 0 bridgehead atoms. The fourth-order valence-corrected chi connectivity index (χ4v) is 3.39. The van der Waals surface area contributed by atoms with Gasteiger partial charge in [0.15, 0.2) is 11.5 Å². The SMILES string of the molecule is O=C(NCCc1nccn1Cc1ccccc1)c1cc(Cl)c2c(c1)OCCO2. The normalized spacial score (nSPS) is 12.6. The van der Waals surface area contributed by atoms with E-state index in [1.807, 2.05) is 24.4 Å². The number of hydrogen-bond acceptors (Lipinski definition) is 4. The molecular weight excluding hydrogens is 378 g/mol. The molecule has 1 aliphatic heterocycles. The van der Waals surface area contributed by atoms with Crippen LogP contribution in [-0.2, 0) is 13.0 Å². The lowest BCUT2D eigenvalue weighted by Gasteiger charge is -2.20. The molecule has 1 aliphatic rings. The molecule has 0 saturated carbocycles. The quantitative estimate of drug-likeness (QED) is 0.693. The maximum absolute atomic E-state index is 12.5. The Morgan fingerprint density at radius 1 is 1.18 bits per heavy atom. The summed E-state index contributed by atoms with van der Waals surface area (Å²) < 4.78 is 13.1. The number of ether oxygens (including phenoxy) is 2. The number of aromatic nitrogens is 2. The summed E-state index contributed by atoms with van der Waals surface area (Å²) in [5.41, 5.74) is 1.65. The van der Waals surface area contributed by atoms with Crippen LogP contribution in [0.25, 0.3) is 0 Å². The maximum Gasteiger partial charge on any atom is 0.251 e. The van der Waals surface area contributed by atoms with Crippen LogP contribution in [0.3, 0.4) is 0 Å². The number of imidazole rings is 1. The molecule has 1 aromatic heterocycles. The standard InChI is InChI=1S/C21H20ClN3O3/c22-17-12-16(13-18-20(17)28-11-10-27-18)21(26)24-7-6-19-23-8-9-25(19)14-15-4-2-1-3-5-15/h1-5,8-9,12-13H,6-7,10-11,14H2,(H,24,26). The number of nitrogens with one attached hydrogen (secondary N) is 1. The predicted molar refractivity (Wildman–Crippen MR) is 106 cm³/mol. The summed E-state index contributed by atoms with van der Waals surface area (Å²) in [6, 6.07) is 13.5. The molecule has 4 rings (SSSR count). The number of benzene rings is 2. The Bertz CT molecular complexity index is 972. The van der Waals surface area contributed by atoms with Crippen LogP contribution in [0.1, 0.15) is 21.7 Å². The van der Waals surface area contributed by atoms with Gasteiger partial charge in [-0.2, -0.15) is 0 Å². The highest BCUT2D eigenvalue weighted by molar-refractivity contribution is 6.32. The van der Waals surface area contributed by atoms with Crippen LogP contribution < -0.4 is 14.8 Å². The van der Waals surface area contributed by atoms with E-state index in [2.05, 4.69) is 27.0 Å². The molecular formula is C21H20ClN3O3. The lowest BCUT2D eigenvalue weighted by Crippen LogP contribution is -2.27. The maximum atomic E-state index is 12.5. The van der Waals surface area contributed by atoms with Crippen molar-refractivity contribution in [3.63, 3.8) is 0 Å². The minimum Gasteiger partial charge on any atom is -0.486 e. The molecule has 1 N–H and O–H groups in total. The molecule has 28 heavy (non-hydrogen) atoms. The number of halogens is 1. The third-order valence-electron chi connectivity index (χ3n) is 4.49. The highest BCUT2D eigenvalue weighted by Crippen LogP contribution is 2.38. The molecule has 0 radical (unpaired) electrons. The average Bonchev–Trinajstić information content (AvgIpc) is 3.15. The first-order chi connectivity index (χ1) is 13.7. The first kappa shape index (κ1) is 18.4. The predicted octanol–water partition coefficient (Wildman–Crippen LogP) is 3.33. The van der Waals surface area contributed by atoms with Gasteiger partial charge in [0.1, 0.15) is 19.0 Å². The van der Waals surface area contributed by atoms with Gasteiger partial charge in [0.2, 0.25) is 0 Å². The number of hydrogen-bond donors (Lipinski definition) is 1. The van der Waals surface area contributed by atoms with E-state index < -0.39 is 0 Å². The second-order valence-corrected chi connectivity index (χ2v) is 6.85. The van der Waals surface area contributed by atoms with Crippen LogP contribution in [0.4, 0.5) is 0 Å². The molecule has 6 nitrogen and oxygen atoms in total. The molecule has 0 saturated heterocycles. The zero-order chi connectivity index (χ0) is 19.3. The molecule has 3 aromatic rings. The van der Waals surface area contributed by atoms with Crippen molar-refractivity contribution in [1.29, 1.82) is 0 Å². The van der Waals surface area contributed by atoms with Gasteiger partial charge in [0.25, 0.3) is 5.91 Å². The molecule has 0 fully saturated rings. The lowest BCUT2D eigenvalue weighted by molar-refractivity contribution is 0.0952. The van der Waals surface area contributed by atoms with Gasteiger partial charge in [-0.15, -0.1) is 0 Å². The van der Waals surface area contributed by atoms with Crippen LogP contribution in [0, 0.1) is 0 Å². The van der Waals surface area contributed by atoms with E-state index in [0.29, 0.717) is 48.3 Å². The Morgan fingerprint density at radius 3 is 2.86 bits per heavy atom. The van der Waals surface area contributed by atoms with Crippen molar-refractivity contribution in [1.82, 2.24) is 14.9 Å². The zero-order valence-corrected chi connectivity index (χ0v) is 16.0. The second-order valence-electron chi connectivity index (χ2n) is 6.45. The summed E-state index contributed by atoms with van der Waals surface area (Å²) in [6.07, 6.45) is 4.36. The Balaban J connectivity index is 1.36. The Hall–Kier alpha value is -2.99. The molecule has 0 unspecified atom stereocenters. The van der Waals surface area contributed by atoms with Crippen molar-refractivity contribution in [2.24, 2.45) is 0 Å². The van der Waals surface area contributed by atoms with Crippen molar-refractivity contribution in [2.45, 2.75) is 13.0 Å². The Labute approximate surface area is 168 Å². The van der Waals surface area contributed by atoms with E-state index in [1.54, 1.807) is 18.3 Å². The van der Waals surface area contributed by atoms with Gasteiger partial charge in [-0.05, 0) is 17.7 Å². The third-order valence-corrected chi connectivity index (χ3v) is 4.77. The number of rotatable bonds is 6. The molecule has 144 valence electrons. The van der Waals surface area contributed by atoms with Crippen LogP contribution in [-0.4, -0.2) is 35.2 Å². The molecule has 7 heteroatoms. The molecule has 0 spiro atoms. The van der Waals surface area contributed by atoms with E-state index in [4.69, 9.17) is 21.1 Å². The van der Waals surface area contributed by atoms with Crippen LogP contribution in [0.2, 0.25) is 5.02 Å². The minimum atomic E-state index is -0.208. The van der Waals surface area contributed by atoms with Crippen LogP contribution in [0.15, 0.2) is 54.9 Å². The van der Waals surface area contributed by atoms with E-state index >= 15 is 0 Å². The van der Waals surface area contributed by atoms with E-state index in [9.17, 15) is 4.79 Å². The number of carbonyl (C=O) groups excluding carboxylic acids is 1. The summed E-state index contributed by atoms with van der Waals surface area (Å²) in [4.78, 5) is 16.9. The Kier molecular flexibility index (Phi) is 5.48. The summed E-state index contributed by atoms with van der Waals surface area (Å²) in [5.74, 6) is 1.71. The molecule has 0 atom stereocenters. The van der Waals surface area contributed by atoms with E-state index in [0.717, 1.165) is 12.4 Å². The van der Waals surface area contributed by atoms with Crippen molar-refractivity contribution in [3.05, 3.63) is 76.8 Å². The highest BCUT2D eigenvalue weighted by atomic mass is 35.5. The minimum absolute atomic E-state index is 0.208. The second kappa shape index (κ2) is 8.35. The van der Waals surface area contributed by atoms with Crippen molar-refractivity contribution in [3.8, 4) is 11.5 Å². The fourth-order valence-electron chi connectivity index (χ4n) is 3.12. The summed E-state index contributed by atoms with van der Waals surface area (Å²) in [6.45, 7) is 2.12. The zero-order valence-electron chi connectivity index (χ0n) is 15.2. The molecule has 1 amide bonds. The average molecular weight is 398 g/mol. The summed E-state index contributed by atoms with van der Waals surface area (Å²) in [7, 11) is 0. The molecule has 2 heterocycles. The third kappa shape index (κ3) is 4.12. The lowest BCUT2D eigenvalue weighted by atomic mass is 10.1. The van der Waals surface area contributed by atoms with Gasteiger partial charge in [0.05, 0.1) is 5.02 Å². The number of amides is 1. The topological polar surface area (TPSA) is 65.4 Å². The molecule has 0 aliphatic carbocycles. The Morgan fingerprint density at radius 2 is 2.00 bits per heavy atom. The van der Waals surface area contributed by atoms with Gasteiger partial charge in [-0.3, -0.25) is 4.79 Å². The smallest absolute Gasteiger partial charge is 0.251 e. The van der Waals surface area contributed by atoms with Crippen molar-refractivity contribution in [2.75, 3.05) is 19.8 Å². The van der Waals surface area contributed by atoms with Gasteiger partial charge in [-0.1, -0.05) is 41.9 Å². The van der Waals surface area contributed by atoms with Gasteiger partial charge >= 0.3 is 0 Å². The summed E-state index contributed by atoms with van der Waals surface area (Å²) >= 11 is 6.21. The first-order valence-corrected chi connectivity index (χ1v) is 9.50. The monoisotopic (exact) mass is 397 g/mol. The van der Waals surface area contributed by atoms with Crippen LogP contribution >= 0.6 is 11.6 Å². The van der Waals surface area contributed by atoms with Crippen molar-refractivity contribution >= 4 is 17.5 Å². The summed E-state index contributed by atoms with van der Waals surface area (Å²) in [5, 5.41) is 3.29. The number of nitrogens with zero attached hydrogens (tertiary/aromatic N) is 2. The van der Waals surface area contributed by atoms with Crippen molar-refractivity contribution < 1.29 is 14.3 Å².